The van der Waals surface area contributed by atoms with Crippen LogP contribution < -0.4 is 5.32 Å². The van der Waals surface area contributed by atoms with Crippen molar-refractivity contribution in [1.82, 2.24) is 5.32 Å². The molecule has 0 saturated heterocycles. The lowest BCUT2D eigenvalue weighted by Crippen LogP contribution is -2.72. The third kappa shape index (κ3) is 2.53. The molecule has 9 saturated carbocycles. The Kier molecular flexibility index (Phi) is 3.52. The van der Waals surface area contributed by atoms with Crippen molar-refractivity contribution in [1.29, 1.82) is 0 Å². The van der Waals surface area contributed by atoms with E-state index in [1.54, 1.807) is 83.5 Å². The van der Waals surface area contributed by atoms with Crippen molar-refractivity contribution in [2.75, 3.05) is 0 Å². The maximum Gasteiger partial charge on any atom is 0.0199 e. The van der Waals surface area contributed by atoms with E-state index < -0.39 is 0 Å². The number of rotatable bonds is 3. The van der Waals surface area contributed by atoms with Crippen molar-refractivity contribution in [2.45, 2.75) is 127 Å². The first-order valence-electron chi connectivity index (χ1n) is 13.2. The van der Waals surface area contributed by atoms with E-state index in [1.165, 1.54) is 25.7 Å². The molecule has 0 aliphatic heterocycles. The molecular formula is C27H43N. The van der Waals surface area contributed by atoms with Crippen LogP contribution in [-0.4, -0.2) is 11.1 Å². The van der Waals surface area contributed by atoms with Gasteiger partial charge in [0.25, 0.3) is 0 Å². The van der Waals surface area contributed by atoms with E-state index in [0.29, 0.717) is 16.5 Å². The Hall–Kier alpha value is -0.0400. The lowest BCUT2D eigenvalue weighted by molar-refractivity contribution is -0.170. The Balaban J connectivity index is 1.22. The SMILES string of the molecule is CC12CC3CC(NC45CC6CC(CC(C6)C4)C5)(C1)CC(C1CCCCC1)(C3)C2. The maximum atomic E-state index is 4.66. The van der Waals surface area contributed by atoms with Gasteiger partial charge in [0.15, 0.2) is 0 Å². The fourth-order valence-corrected chi connectivity index (χ4v) is 12.1. The van der Waals surface area contributed by atoms with Gasteiger partial charge in [-0.15, -0.1) is 0 Å². The predicted octanol–water partition coefficient (Wildman–Crippen LogP) is 6.85. The van der Waals surface area contributed by atoms with Gasteiger partial charge in [-0.25, -0.2) is 0 Å². The van der Waals surface area contributed by atoms with Crippen molar-refractivity contribution in [3.63, 3.8) is 0 Å². The standard InChI is InChI=1S/C27H43N/c1-24-10-22-11-25(16-24,23-5-3-2-4-6-23)18-27(15-22,17-24)28-26-12-19-7-20(13-26)9-21(8-19)14-26/h19-23,28H,2-18H2,1H3. The summed E-state index contributed by atoms with van der Waals surface area (Å²) in [6.45, 7) is 2.71. The van der Waals surface area contributed by atoms with Crippen LogP contribution in [0.1, 0.15) is 116 Å². The predicted molar refractivity (Wildman–Crippen MR) is 115 cm³/mol. The van der Waals surface area contributed by atoms with Gasteiger partial charge in [-0.2, -0.15) is 0 Å². The highest BCUT2D eigenvalue weighted by molar-refractivity contribution is 5.20. The third-order valence-electron chi connectivity index (χ3n) is 11.4. The van der Waals surface area contributed by atoms with Crippen molar-refractivity contribution in [3.8, 4) is 0 Å². The molecule has 28 heavy (non-hydrogen) atoms. The van der Waals surface area contributed by atoms with E-state index in [0.717, 1.165) is 35.0 Å². The first-order chi connectivity index (χ1) is 13.5. The van der Waals surface area contributed by atoms with Gasteiger partial charge in [0.1, 0.15) is 0 Å². The molecule has 8 bridgehead atoms. The van der Waals surface area contributed by atoms with E-state index in [2.05, 4.69) is 12.2 Å². The summed E-state index contributed by atoms with van der Waals surface area (Å²) in [5, 5.41) is 4.66. The fraction of sp³-hybridized carbons (Fsp3) is 1.00. The van der Waals surface area contributed by atoms with Crippen molar-refractivity contribution in [2.24, 2.45) is 40.4 Å². The smallest absolute Gasteiger partial charge is 0.0199 e. The normalized spacial score (nSPS) is 59.9. The minimum Gasteiger partial charge on any atom is -0.306 e. The zero-order chi connectivity index (χ0) is 18.6. The third-order valence-corrected chi connectivity index (χ3v) is 11.4. The number of hydrogen-bond donors (Lipinski definition) is 1. The molecule has 9 aliphatic carbocycles. The second-order valence-electron chi connectivity index (χ2n) is 14.1. The zero-order valence-electron chi connectivity index (χ0n) is 18.4. The molecule has 0 spiro atoms. The van der Waals surface area contributed by atoms with Gasteiger partial charge in [0.2, 0.25) is 0 Å². The summed E-state index contributed by atoms with van der Waals surface area (Å²) in [7, 11) is 0. The summed E-state index contributed by atoms with van der Waals surface area (Å²) in [5.74, 6) is 5.35. The van der Waals surface area contributed by atoms with Crippen LogP contribution in [0.25, 0.3) is 0 Å². The highest BCUT2D eigenvalue weighted by atomic mass is 15.1. The molecule has 9 rings (SSSR count). The number of hydrogen-bond acceptors (Lipinski definition) is 1. The molecule has 156 valence electrons. The Labute approximate surface area is 173 Å². The molecule has 0 aromatic heterocycles. The lowest BCUT2D eigenvalue weighted by atomic mass is 9.38. The fourth-order valence-electron chi connectivity index (χ4n) is 12.1. The minimum absolute atomic E-state index is 0.525. The monoisotopic (exact) mass is 381 g/mol. The molecule has 1 heteroatoms. The van der Waals surface area contributed by atoms with Crippen LogP contribution in [0.3, 0.4) is 0 Å². The molecule has 0 radical (unpaired) electrons. The lowest BCUT2D eigenvalue weighted by Gasteiger charge is -2.71. The Morgan fingerprint density at radius 3 is 1.89 bits per heavy atom. The Morgan fingerprint density at radius 1 is 0.607 bits per heavy atom. The Bertz CT molecular complexity index is 626. The number of nitrogens with one attached hydrogen (secondary N) is 1. The van der Waals surface area contributed by atoms with Crippen molar-refractivity contribution < 1.29 is 0 Å². The van der Waals surface area contributed by atoms with Gasteiger partial charge in [-0.1, -0.05) is 26.2 Å². The molecule has 9 aliphatic rings. The molecule has 0 amide bonds. The van der Waals surface area contributed by atoms with Crippen LogP contribution in [0.4, 0.5) is 0 Å². The van der Waals surface area contributed by atoms with Crippen LogP contribution in [0.2, 0.25) is 0 Å². The molecule has 4 atom stereocenters. The van der Waals surface area contributed by atoms with E-state index in [9.17, 15) is 0 Å². The van der Waals surface area contributed by atoms with E-state index >= 15 is 0 Å². The van der Waals surface area contributed by atoms with Crippen LogP contribution in [0, 0.1) is 40.4 Å². The molecule has 1 N–H and O–H groups in total. The first kappa shape index (κ1) is 17.6. The summed E-state index contributed by atoms with van der Waals surface area (Å²) in [5.41, 5.74) is 2.47. The maximum absolute atomic E-state index is 4.66. The molecule has 0 heterocycles. The van der Waals surface area contributed by atoms with Gasteiger partial charge in [-0.05, 0) is 130 Å². The van der Waals surface area contributed by atoms with Crippen molar-refractivity contribution in [3.05, 3.63) is 0 Å². The van der Waals surface area contributed by atoms with Gasteiger partial charge < -0.3 is 5.32 Å². The average Bonchev–Trinajstić information content (AvgIpc) is 2.58. The largest absolute Gasteiger partial charge is 0.306 e. The van der Waals surface area contributed by atoms with Gasteiger partial charge >= 0.3 is 0 Å². The summed E-state index contributed by atoms with van der Waals surface area (Å²) >= 11 is 0. The van der Waals surface area contributed by atoms with Crippen LogP contribution in [0.15, 0.2) is 0 Å². The van der Waals surface area contributed by atoms with Crippen LogP contribution >= 0.6 is 0 Å². The van der Waals surface area contributed by atoms with Crippen molar-refractivity contribution >= 4 is 0 Å². The molecule has 4 unspecified atom stereocenters. The van der Waals surface area contributed by atoms with Gasteiger partial charge in [-0.3, -0.25) is 0 Å². The van der Waals surface area contributed by atoms with E-state index in [1.807, 2.05) is 0 Å². The average molecular weight is 382 g/mol. The second-order valence-corrected chi connectivity index (χ2v) is 14.1. The highest BCUT2D eigenvalue weighted by Crippen LogP contribution is 2.70. The second kappa shape index (κ2) is 5.60. The van der Waals surface area contributed by atoms with Crippen LogP contribution in [-0.2, 0) is 0 Å². The minimum atomic E-state index is 0.525. The Morgan fingerprint density at radius 2 is 1.25 bits per heavy atom. The topological polar surface area (TPSA) is 12.0 Å². The van der Waals surface area contributed by atoms with Crippen LogP contribution in [0.5, 0.6) is 0 Å². The molecule has 0 aromatic carbocycles. The highest BCUT2D eigenvalue weighted by Gasteiger charge is 2.65. The van der Waals surface area contributed by atoms with Gasteiger partial charge in [0, 0.05) is 11.1 Å². The summed E-state index contributed by atoms with van der Waals surface area (Å²) in [6.07, 6.45) is 26.5. The summed E-state index contributed by atoms with van der Waals surface area (Å²) in [4.78, 5) is 0. The quantitative estimate of drug-likeness (QED) is 0.563. The molecular weight excluding hydrogens is 338 g/mol. The van der Waals surface area contributed by atoms with E-state index in [-0.39, 0.29) is 0 Å². The molecule has 1 nitrogen and oxygen atoms in total. The van der Waals surface area contributed by atoms with E-state index in [4.69, 9.17) is 0 Å². The summed E-state index contributed by atoms with van der Waals surface area (Å²) < 4.78 is 0. The van der Waals surface area contributed by atoms with Gasteiger partial charge in [0.05, 0.1) is 0 Å². The summed E-state index contributed by atoms with van der Waals surface area (Å²) in [6, 6.07) is 0. The molecule has 9 fully saturated rings. The first-order valence-corrected chi connectivity index (χ1v) is 13.2. The zero-order valence-corrected chi connectivity index (χ0v) is 18.4. The molecule has 0 aromatic rings.